The number of nitrogens with one attached hydrogen (secondary N) is 2. The number of benzene rings is 1. The van der Waals surface area contributed by atoms with E-state index in [1.807, 2.05) is 0 Å². The van der Waals surface area contributed by atoms with E-state index in [0.717, 1.165) is 5.56 Å². The molecule has 0 spiro atoms. The van der Waals surface area contributed by atoms with Gasteiger partial charge in [0.15, 0.2) is 11.5 Å². The lowest BCUT2D eigenvalue weighted by molar-refractivity contribution is -0.146. The van der Waals surface area contributed by atoms with Gasteiger partial charge in [0.25, 0.3) is 0 Å². The Hall–Kier alpha value is -2.64. The van der Waals surface area contributed by atoms with E-state index in [9.17, 15) is 9.59 Å². The molecule has 0 aromatic heterocycles. The van der Waals surface area contributed by atoms with Crippen LogP contribution in [0.3, 0.4) is 0 Å². The van der Waals surface area contributed by atoms with Gasteiger partial charge < -0.3 is 29.6 Å². The first-order chi connectivity index (χ1) is 12.0. The van der Waals surface area contributed by atoms with E-state index in [2.05, 4.69) is 10.6 Å². The number of urea groups is 1. The van der Waals surface area contributed by atoms with E-state index in [1.165, 1.54) is 28.4 Å². The van der Waals surface area contributed by atoms with E-state index in [-0.39, 0.29) is 12.5 Å². The Kier molecular flexibility index (Phi) is 5.61. The number of hydrogen-bond acceptors (Lipinski definition) is 6. The first-order valence-corrected chi connectivity index (χ1v) is 7.95. The molecule has 0 saturated heterocycles. The Labute approximate surface area is 146 Å². The van der Waals surface area contributed by atoms with Crippen molar-refractivity contribution in [1.29, 1.82) is 0 Å². The standard InChI is InChI=1S/C17H24N2O6/c1-6-25-15(20)17(19-16(21)18-2)9-11(17)10-7-8-12(22-3)14(24-5)13(10)23-4/h7-8,11H,6,9H2,1-5H3,(H2,18,19,21). The molecule has 2 atom stereocenters. The number of esters is 1. The van der Waals surface area contributed by atoms with Gasteiger partial charge in [0, 0.05) is 18.5 Å². The van der Waals surface area contributed by atoms with Gasteiger partial charge >= 0.3 is 12.0 Å². The molecular weight excluding hydrogens is 328 g/mol. The molecule has 0 heterocycles. The second-order valence-electron chi connectivity index (χ2n) is 5.58. The molecular formula is C17H24N2O6. The molecule has 2 N–H and O–H groups in total. The molecule has 138 valence electrons. The number of rotatable bonds is 7. The molecule has 1 saturated carbocycles. The number of ether oxygens (including phenoxy) is 4. The molecule has 1 aliphatic carbocycles. The van der Waals surface area contributed by atoms with Gasteiger partial charge in [-0.05, 0) is 19.4 Å². The maximum Gasteiger partial charge on any atom is 0.332 e. The fourth-order valence-corrected chi connectivity index (χ4v) is 2.98. The van der Waals surface area contributed by atoms with Crippen LogP contribution in [0.4, 0.5) is 4.79 Å². The van der Waals surface area contributed by atoms with Crippen molar-refractivity contribution in [2.45, 2.75) is 24.8 Å². The summed E-state index contributed by atoms with van der Waals surface area (Å²) in [6.07, 6.45) is 0.408. The minimum atomic E-state index is -1.12. The highest BCUT2D eigenvalue weighted by Crippen LogP contribution is 2.57. The summed E-state index contributed by atoms with van der Waals surface area (Å²) in [7, 11) is 6.05. The predicted octanol–water partition coefficient (Wildman–Crippen LogP) is 1.43. The molecule has 0 radical (unpaired) electrons. The van der Waals surface area contributed by atoms with E-state index in [4.69, 9.17) is 18.9 Å². The summed E-state index contributed by atoms with van der Waals surface area (Å²) < 4.78 is 21.3. The monoisotopic (exact) mass is 352 g/mol. The lowest BCUT2D eigenvalue weighted by Crippen LogP contribution is -2.49. The number of hydrogen-bond donors (Lipinski definition) is 2. The zero-order valence-corrected chi connectivity index (χ0v) is 15.1. The van der Waals surface area contributed by atoms with E-state index < -0.39 is 17.5 Å². The molecule has 2 unspecified atom stereocenters. The molecule has 1 fully saturated rings. The third-order valence-corrected chi connectivity index (χ3v) is 4.27. The number of methoxy groups -OCH3 is 3. The van der Waals surface area contributed by atoms with Crippen molar-refractivity contribution in [3.8, 4) is 17.2 Å². The smallest absolute Gasteiger partial charge is 0.332 e. The molecule has 0 bridgehead atoms. The van der Waals surface area contributed by atoms with Crippen LogP contribution >= 0.6 is 0 Å². The van der Waals surface area contributed by atoms with E-state index in [1.54, 1.807) is 19.1 Å². The first kappa shape index (κ1) is 18.7. The zero-order valence-electron chi connectivity index (χ0n) is 15.1. The minimum absolute atomic E-state index is 0.228. The van der Waals surface area contributed by atoms with Gasteiger partial charge in [0.1, 0.15) is 5.54 Å². The average molecular weight is 352 g/mol. The van der Waals surface area contributed by atoms with Gasteiger partial charge in [-0.1, -0.05) is 6.07 Å². The Bertz CT molecular complexity index is 663. The van der Waals surface area contributed by atoms with Crippen molar-refractivity contribution in [3.05, 3.63) is 17.7 Å². The summed E-state index contributed by atoms with van der Waals surface area (Å²) >= 11 is 0. The maximum atomic E-state index is 12.5. The molecule has 25 heavy (non-hydrogen) atoms. The minimum Gasteiger partial charge on any atom is -0.493 e. The van der Waals surface area contributed by atoms with Gasteiger partial charge in [0.2, 0.25) is 5.75 Å². The lowest BCUT2D eigenvalue weighted by atomic mass is 10.0. The average Bonchev–Trinajstić information content (AvgIpc) is 3.35. The fraction of sp³-hybridized carbons (Fsp3) is 0.529. The molecule has 2 amide bonds. The Morgan fingerprint density at radius 3 is 2.36 bits per heavy atom. The highest BCUT2D eigenvalue weighted by Gasteiger charge is 2.64. The SMILES string of the molecule is CCOC(=O)C1(NC(=O)NC)CC1c1ccc(OC)c(OC)c1OC. The van der Waals surface area contributed by atoms with Crippen LogP contribution in [-0.4, -0.2) is 52.5 Å². The fourth-order valence-electron chi connectivity index (χ4n) is 2.98. The van der Waals surface area contributed by atoms with Gasteiger partial charge in [-0.15, -0.1) is 0 Å². The quantitative estimate of drug-likeness (QED) is 0.721. The Balaban J connectivity index is 2.44. The maximum absolute atomic E-state index is 12.5. The Morgan fingerprint density at radius 2 is 1.84 bits per heavy atom. The van der Waals surface area contributed by atoms with Crippen LogP contribution in [0, 0.1) is 0 Å². The predicted molar refractivity (Wildman–Crippen MR) is 90.4 cm³/mol. The van der Waals surface area contributed by atoms with Crippen LogP contribution in [-0.2, 0) is 9.53 Å². The molecule has 1 aliphatic rings. The molecule has 0 aliphatic heterocycles. The van der Waals surface area contributed by atoms with Crippen molar-refractivity contribution < 1.29 is 28.5 Å². The molecule has 2 rings (SSSR count). The summed E-state index contributed by atoms with van der Waals surface area (Å²) in [5.74, 6) is 0.660. The van der Waals surface area contributed by atoms with E-state index >= 15 is 0 Å². The largest absolute Gasteiger partial charge is 0.493 e. The summed E-state index contributed by atoms with van der Waals surface area (Å²) in [4.78, 5) is 24.3. The zero-order chi connectivity index (χ0) is 18.6. The normalized spacial score (nSPS) is 21.1. The van der Waals surface area contributed by atoms with Crippen LogP contribution in [0.1, 0.15) is 24.8 Å². The third-order valence-electron chi connectivity index (χ3n) is 4.27. The van der Waals surface area contributed by atoms with Crippen molar-refractivity contribution in [2.75, 3.05) is 35.0 Å². The van der Waals surface area contributed by atoms with Crippen molar-refractivity contribution in [2.24, 2.45) is 0 Å². The number of carbonyl (C=O) groups is 2. The summed E-state index contributed by atoms with van der Waals surface area (Å²) in [6.45, 7) is 1.95. The van der Waals surface area contributed by atoms with Gasteiger partial charge in [-0.3, -0.25) is 0 Å². The second-order valence-corrected chi connectivity index (χ2v) is 5.58. The summed E-state index contributed by atoms with van der Waals surface area (Å²) in [6, 6.07) is 3.09. The second kappa shape index (κ2) is 7.50. The molecule has 8 nitrogen and oxygen atoms in total. The van der Waals surface area contributed by atoms with Crippen LogP contribution < -0.4 is 24.8 Å². The topological polar surface area (TPSA) is 95.1 Å². The molecule has 1 aromatic rings. The summed E-state index contributed by atoms with van der Waals surface area (Å²) in [5, 5.41) is 5.18. The van der Waals surface area contributed by atoms with Gasteiger partial charge in [-0.25, -0.2) is 9.59 Å². The lowest BCUT2D eigenvalue weighted by Gasteiger charge is -2.20. The van der Waals surface area contributed by atoms with Crippen LogP contribution in [0.25, 0.3) is 0 Å². The van der Waals surface area contributed by atoms with Crippen molar-refractivity contribution in [1.82, 2.24) is 10.6 Å². The van der Waals surface area contributed by atoms with Crippen molar-refractivity contribution in [3.63, 3.8) is 0 Å². The third kappa shape index (κ3) is 3.29. The van der Waals surface area contributed by atoms with Crippen molar-refractivity contribution >= 4 is 12.0 Å². The number of amides is 2. The Morgan fingerprint density at radius 1 is 1.16 bits per heavy atom. The molecule has 1 aromatic carbocycles. The molecule has 8 heteroatoms. The first-order valence-electron chi connectivity index (χ1n) is 7.95. The summed E-state index contributed by atoms with van der Waals surface area (Å²) in [5.41, 5.74) is -0.382. The number of carbonyl (C=O) groups excluding carboxylic acids is 2. The highest BCUT2D eigenvalue weighted by atomic mass is 16.5. The van der Waals surface area contributed by atoms with Crippen LogP contribution in [0.5, 0.6) is 17.2 Å². The van der Waals surface area contributed by atoms with Crippen LogP contribution in [0.15, 0.2) is 12.1 Å². The highest BCUT2D eigenvalue weighted by molar-refractivity contribution is 5.92. The van der Waals surface area contributed by atoms with E-state index in [0.29, 0.717) is 23.7 Å². The van der Waals surface area contributed by atoms with Gasteiger partial charge in [0.05, 0.1) is 27.9 Å². The van der Waals surface area contributed by atoms with Crippen LogP contribution in [0.2, 0.25) is 0 Å². The van der Waals surface area contributed by atoms with Gasteiger partial charge in [-0.2, -0.15) is 0 Å².